The van der Waals surface area contributed by atoms with Crippen LogP contribution in [0.5, 0.6) is 0 Å². The third kappa shape index (κ3) is 3.56. The maximum Gasteiger partial charge on any atom is 0.254 e. The van der Waals surface area contributed by atoms with Gasteiger partial charge in [0.2, 0.25) is 0 Å². The molecule has 1 aromatic rings. The van der Waals surface area contributed by atoms with E-state index in [0.717, 1.165) is 30.5 Å². The van der Waals surface area contributed by atoms with Crippen molar-refractivity contribution in [3.63, 3.8) is 0 Å². The van der Waals surface area contributed by atoms with Crippen molar-refractivity contribution in [1.29, 1.82) is 0 Å². The van der Waals surface area contributed by atoms with E-state index in [9.17, 15) is 4.79 Å². The number of rotatable bonds is 6. The van der Waals surface area contributed by atoms with Gasteiger partial charge < -0.3 is 10.6 Å². The smallest absolute Gasteiger partial charge is 0.254 e. The van der Waals surface area contributed by atoms with E-state index >= 15 is 0 Å². The first-order chi connectivity index (χ1) is 8.24. The average Bonchev–Trinajstić information content (AvgIpc) is 2.37. The van der Waals surface area contributed by atoms with E-state index < -0.39 is 0 Å². The van der Waals surface area contributed by atoms with Gasteiger partial charge >= 0.3 is 0 Å². The number of hydrogen-bond acceptors (Lipinski definition) is 2. The van der Waals surface area contributed by atoms with Gasteiger partial charge in [0, 0.05) is 25.2 Å². The minimum Gasteiger partial charge on any atom is -0.337 e. The number of carbonyl (C=O) groups is 1. The van der Waals surface area contributed by atoms with Crippen molar-refractivity contribution in [2.24, 2.45) is 5.73 Å². The molecule has 17 heavy (non-hydrogen) atoms. The first-order valence-corrected chi connectivity index (χ1v) is 6.31. The number of aryl methyl sites for hydroxylation is 1. The van der Waals surface area contributed by atoms with Crippen LogP contribution in [0.3, 0.4) is 0 Å². The Bertz CT molecular complexity index is 357. The predicted octanol–water partition coefficient (Wildman–Crippen LogP) is 2.06. The highest BCUT2D eigenvalue weighted by atomic mass is 16.2. The van der Waals surface area contributed by atoms with Crippen LogP contribution < -0.4 is 5.73 Å². The van der Waals surface area contributed by atoms with Crippen LogP contribution in [0.4, 0.5) is 0 Å². The Balaban J connectivity index is 2.92. The van der Waals surface area contributed by atoms with E-state index in [1.54, 1.807) is 0 Å². The zero-order chi connectivity index (χ0) is 12.7. The van der Waals surface area contributed by atoms with Crippen molar-refractivity contribution in [2.45, 2.75) is 26.7 Å². The third-order valence-electron chi connectivity index (χ3n) is 2.81. The predicted molar refractivity (Wildman–Crippen MR) is 71.1 cm³/mol. The molecule has 0 bridgehead atoms. The number of benzene rings is 1. The lowest BCUT2D eigenvalue weighted by atomic mass is 10.0. The fraction of sp³-hybridized carbons (Fsp3) is 0.500. The van der Waals surface area contributed by atoms with Crippen LogP contribution in [0.1, 0.15) is 36.2 Å². The molecule has 0 saturated heterocycles. The molecule has 0 unspecified atom stereocenters. The number of carbonyl (C=O) groups excluding carboxylic acids is 1. The number of nitrogens with two attached hydrogens (primary N) is 1. The zero-order valence-corrected chi connectivity index (χ0v) is 10.8. The number of hydrogen-bond donors (Lipinski definition) is 1. The van der Waals surface area contributed by atoms with Crippen LogP contribution in [0.25, 0.3) is 0 Å². The summed E-state index contributed by atoms with van der Waals surface area (Å²) >= 11 is 0. The summed E-state index contributed by atoms with van der Waals surface area (Å²) in [6.07, 6.45) is 1.84. The fourth-order valence-electron chi connectivity index (χ4n) is 1.95. The van der Waals surface area contributed by atoms with Gasteiger partial charge in [0.05, 0.1) is 0 Å². The Morgan fingerprint density at radius 3 is 2.53 bits per heavy atom. The van der Waals surface area contributed by atoms with Crippen molar-refractivity contribution in [2.75, 3.05) is 19.6 Å². The Kier molecular flexibility index (Phi) is 5.70. The van der Waals surface area contributed by atoms with Crippen LogP contribution in [0.15, 0.2) is 24.3 Å². The Labute approximate surface area is 104 Å². The van der Waals surface area contributed by atoms with Crippen LogP contribution in [-0.2, 0) is 6.42 Å². The number of amides is 1. The summed E-state index contributed by atoms with van der Waals surface area (Å²) in [6.45, 7) is 6.06. The molecule has 0 aromatic heterocycles. The first-order valence-electron chi connectivity index (χ1n) is 6.31. The van der Waals surface area contributed by atoms with Gasteiger partial charge in [-0.15, -0.1) is 0 Å². The van der Waals surface area contributed by atoms with Crippen LogP contribution in [0.2, 0.25) is 0 Å². The molecule has 1 amide bonds. The van der Waals surface area contributed by atoms with Gasteiger partial charge in [0.25, 0.3) is 5.91 Å². The highest BCUT2D eigenvalue weighted by molar-refractivity contribution is 5.95. The molecular formula is C14H22N2O. The molecule has 0 spiro atoms. The minimum absolute atomic E-state index is 0.106. The lowest BCUT2D eigenvalue weighted by Crippen LogP contribution is -2.36. The molecular weight excluding hydrogens is 212 g/mol. The summed E-state index contributed by atoms with van der Waals surface area (Å²) < 4.78 is 0. The molecule has 1 aromatic carbocycles. The van der Waals surface area contributed by atoms with Crippen molar-refractivity contribution in [3.05, 3.63) is 35.4 Å². The van der Waals surface area contributed by atoms with E-state index in [4.69, 9.17) is 5.73 Å². The standard InChI is InChI=1S/C14H22N2O/c1-3-10-16(11-9-15)14(17)13-8-6-5-7-12(13)4-2/h5-8H,3-4,9-11,15H2,1-2H3. The van der Waals surface area contributed by atoms with Crippen molar-refractivity contribution < 1.29 is 4.79 Å². The third-order valence-corrected chi connectivity index (χ3v) is 2.81. The minimum atomic E-state index is 0.106. The summed E-state index contributed by atoms with van der Waals surface area (Å²) in [6, 6.07) is 7.81. The summed E-state index contributed by atoms with van der Waals surface area (Å²) in [5.41, 5.74) is 7.48. The molecule has 3 nitrogen and oxygen atoms in total. The fourth-order valence-corrected chi connectivity index (χ4v) is 1.95. The van der Waals surface area contributed by atoms with Gasteiger partial charge in [-0.1, -0.05) is 32.0 Å². The number of nitrogens with zero attached hydrogens (tertiary/aromatic N) is 1. The molecule has 0 atom stereocenters. The quantitative estimate of drug-likeness (QED) is 0.819. The highest BCUT2D eigenvalue weighted by Crippen LogP contribution is 2.12. The largest absolute Gasteiger partial charge is 0.337 e. The lowest BCUT2D eigenvalue weighted by Gasteiger charge is -2.22. The second kappa shape index (κ2) is 7.07. The second-order valence-corrected chi connectivity index (χ2v) is 4.09. The van der Waals surface area contributed by atoms with Gasteiger partial charge in [-0.3, -0.25) is 4.79 Å². The molecule has 3 heteroatoms. The topological polar surface area (TPSA) is 46.3 Å². The average molecular weight is 234 g/mol. The zero-order valence-electron chi connectivity index (χ0n) is 10.8. The van der Waals surface area contributed by atoms with Gasteiger partial charge in [0.15, 0.2) is 0 Å². The second-order valence-electron chi connectivity index (χ2n) is 4.09. The van der Waals surface area contributed by atoms with Crippen LogP contribution in [-0.4, -0.2) is 30.4 Å². The van der Waals surface area contributed by atoms with E-state index in [1.165, 1.54) is 0 Å². The van der Waals surface area contributed by atoms with Gasteiger partial charge in [-0.2, -0.15) is 0 Å². The summed E-state index contributed by atoms with van der Waals surface area (Å²) in [7, 11) is 0. The molecule has 0 fully saturated rings. The van der Waals surface area contributed by atoms with E-state index in [-0.39, 0.29) is 5.91 Å². The van der Waals surface area contributed by atoms with Gasteiger partial charge in [-0.05, 0) is 24.5 Å². The van der Waals surface area contributed by atoms with E-state index in [1.807, 2.05) is 29.2 Å². The lowest BCUT2D eigenvalue weighted by molar-refractivity contribution is 0.0759. The molecule has 94 valence electrons. The highest BCUT2D eigenvalue weighted by Gasteiger charge is 2.16. The molecule has 0 heterocycles. The SMILES string of the molecule is CCCN(CCN)C(=O)c1ccccc1CC. The maximum absolute atomic E-state index is 12.4. The summed E-state index contributed by atoms with van der Waals surface area (Å²) in [4.78, 5) is 14.2. The van der Waals surface area contributed by atoms with Crippen molar-refractivity contribution >= 4 is 5.91 Å². The molecule has 0 aliphatic carbocycles. The van der Waals surface area contributed by atoms with Gasteiger partial charge in [-0.25, -0.2) is 0 Å². The van der Waals surface area contributed by atoms with E-state index in [2.05, 4.69) is 13.8 Å². The van der Waals surface area contributed by atoms with Crippen LogP contribution in [0, 0.1) is 0 Å². The van der Waals surface area contributed by atoms with Crippen molar-refractivity contribution in [1.82, 2.24) is 4.90 Å². The molecule has 0 saturated carbocycles. The molecule has 1 rings (SSSR count). The summed E-state index contributed by atoms with van der Waals surface area (Å²) in [5.74, 6) is 0.106. The maximum atomic E-state index is 12.4. The monoisotopic (exact) mass is 234 g/mol. The Hall–Kier alpha value is -1.35. The molecule has 0 radical (unpaired) electrons. The Morgan fingerprint density at radius 2 is 1.94 bits per heavy atom. The molecule has 0 aliphatic heterocycles. The van der Waals surface area contributed by atoms with Gasteiger partial charge in [0.1, 0.15) is 0 Å². The first kappa shape index (κ1) is 13.7. The normalized spacial score (nSPS) is 10.3. The molecule has 2 N–H and O–H groups in total. The van der Waals surface area contributed by atoms with Crippen molar-refractivity contribution in [3.8, 4) is 0 Å². The summed E-state index contributed by atoms with van der Waals surface area (Å²) in [5, 5.41) is 0. The Morgan fingerprint density at radius 1 is 1.24 bits per heavy atom. The van der Waals surface area contributed by atoms with E-state index in [0.29, 0.717) is 13.1 Å². The molecule has 0 aliphatic rings. The van der Waals surface area contributed by atoms with Crippen LogP contribution >= 0.6 is 0 Å².